The molecule has 1 heterocycles. The monoisotopic (exact) mass is 266 g/mol. The second-order valence-corrected chi connectivity index (χ2v) is 5.69. The van der Waals surface area contributed by atoms with E-state index in [2.05, 4.69) is 9.42 Å². The normalized spacial score (nSPS) is 19.7. The Morgan fingerprint density at radius 3 is 2.47 bits per heavy atom. The van der Waals surface area contributed by atoms with E-state index in [4.69, 9.17) is 9.79 Å². The summed E-state index contributed by atoms with van der Waals surface area (Å²) in [5.74, 6) is 0.477. The summed E-state index contributed by atoms with van der Waals surface area (Å²) in [6.07, 6.45) is 3.43. The molecule has 0 saturated carbocycles. The minimum absolute atomic E-state index is 0.0178. The van der Waals surface area contributed by atoms with Crippen molar-refractivity contribution in [2.45, 2.75) is 25.7 Å². The Kier molecular flexibility index (Phi) is 6.62. The Morgan fingerprint density at radius 1 is 1.29 bits per heavy atom. The molecule has 17 heavy (non-hydrogen) atoms. The van der Waals surface area contributed by atoms with Gasteiger partial charge in [0.1, 0.15) is 0 Å². The summed E-state index contributed by atoms with van der Waals surface area (Å²) in [5, 5.41) is 10.4. The fourth-order valence-corrected chi connectivity index (χ4v) is 2.47. The molecule has 0 aromatic carbocycles. The van der Waals surface area contributed by atoms with Gasteiger partial charge in [-0.1, -0.05) is 0 Å². The average Bonchev–Trinajstić information content (AvgIpc) is 2.26. The molecule has 0 amide bonds. The van der Waals surface area contributed by atoms with E-state index in [1.807, 2.05) is 0 Å². The zero-order valence-electron chi connectivity index (χ0n) is 9.95. The number of nitrogens with zero attached hydrogens (tertiary/aromatic N) is 1. The predicted molar refractivity (Wildman–Crippen MR) is 61.9 cm³/mol. The molecule has 1 aliphatic heterocycles. The molecule has 1 saturated heterocycles. The van der Waals surface area contributed by atoms with Gasteiger partial charge in [-0.3, -0.25) is 4.52 Å². The van der Waals surface area contributed by atoms with E-state index in [-0.39, 0.29) is 13.2 Å². The van der Waals surface area contributed by atoms with Crippen LogP contribution in [0.4, 0.5) is 0 Å². The van der Waals surface area contributed by atoms with E-state index >= 15 is 0 Å². The number of rotatable bonds is 7. The molecule has 101 valence electrons. The molecule has 0 aromatic heterocycles. The van der Waals surface area contributed by atoms with Gasteiger partial charge >= 0.3 is 7.82 Å². The second-order valence-electron chi connectivity index (χ2n) is 4.46. The molecule has 0 bridgehead atoms. The first-order chi connectivity index (χ1) is 8.01. The quantitative estimate of drug-likeness (QED) is 0.671. The highest BCUT2D eigenvalue weighted by atomic mass is 31.2. The van der Waals surface area contributed by atoms with Gasteiger partial charge in [-0.15, -0.1) is 0 Å². The predicted octanol–water partition coefficient (Wildman–Crippen LogP) is 1.02. The molecule has 6 nitrogen and oxygen atoms in total. The van der Waals surface area contributed by atoms with Gasteiger partial charge < -0.3 is 14.7 Å². The van der Waals surface area contributed by atoms with Crippen LogP contribution in [0.3, 0.4) is 0 Å². The van der Waals surface area contributed by atoms with Crippen LogP contribution in [0.15, 0.2) is 0 Å². The largest absolute Gasteiger partial charge is 0.469 e. The Morgan fingerprint density at radius 2 is 1.94 bits per heavy atom. The lowest BCUT2D eigenvalue weighted by Gasteiger charge is -2.31. The van der Waals surface area contributed by atoms with Crippen LogP contribution in [0, 0.1) is 5.92 Å². The van der Waals surface area contributed by atoms with Gasteiger partial charge in [0, 0.05) is 6.54 Å². The van der Waals surface area contributed by atoms with Crippen molar-refractivity contribution < 1.29 is 24.0 Å². The Labute approximate surface area is 102 Å². The van der Waals surface area contributed by atoms with Crippen molar-refractivity contribution >= 4 is 7.82 Å². The molecule has 1 aliphatic rings. The molecular formula is C10H21NO5P. The average molecular weight is 266 g/mol. The third kappa shape index (κ3) is 7.13. The first kappa shape index (κ1) is 15.1. The lowest BCUT2D eigenvalue weighted by Crippen LogP contribution is -2.34. The van der Waals surface area contributed by atoms with Crippen molar-refractivity contribution in [3.8, 4) is 0 Å². The maximum absolute atomic E-state index is 10.5. The zero-order valence-corrected chi connectivity index (χ0v) is 10.8. The van der Waals surface area contributed by atoms with Crippen molar-refractivity contribution in [3.63, 3.8) is 0 Å². The lowest BCUT2D eigenvalue weighted by atomic mass is 9.94. The van der Waals surface area contributed by atoms with Crippen molar-refractivity contribution in [1.82, 2.24) is 4.90 Å². The van der Waals surface area contributed by atoms with Gasteiger partial charge in [-0.2, -0.15) is 0 Å². The SMILES string of the molecule is [O]CCCN1CCC(CCOP(=O)(O)O)CC1. The molecule has 0 aromatic rings. The summed E-state index contributed by atoms with van der Waals surface area (Å²) < 4.78 is 14.9. The van der Waals surface area contributed by atoms with Crippen molar-refractivity contribution in [2.75, 3.05) is 32.8 Å². The van der Waals surface area contributed by atoms with Crippen molar-refractivity contribution in [2.24, 2.45) is 5.92 Å². The van der Waals surface area contributed by atoms with E-state index in [0.717, 1.165) is 32.5 Å². The minimum atomic E-state index is -4.31. The second kappa shape index (κ2) is 7.46. The van der Waals surface area contributed by atoms with Crippen LogP contribution in [0.1, 0.15) is 25.7 Å². The van der Waals surface area contributed by atoms with Gasteiger partial charge in [-0.05, 0) is 44.7 Å². The van der Waals surface area contributed by atoms with Gasteiger partial charge in [0.25, 0.3) is 0 Å². The summed E-state index contributed by atoms with van der Waals surface area (Å²) in [7, 11) is -4.31. The molecule has 0 spiro atoms. The first-order valence-corrected chi connectivity index (χ1v) is 7.55. The highest BCUT2D eigenvalue weighted by Crippen LogP contribution is 2.36. The van der Waals surface area contributed by atoms with Crippen LogP contribution in [-0.2, 0) is 14.2 Å². The molecule has 2 N–H and O–H groups in total. The van der Waals surface area contributed by atoms with Gasteiger partial charge in [-0.25, -0.2) is 9.67 Å². The summed E-state index contributed by atoms with van der Waals surface area (Å²) in [5.41, 5.74) is 0. The van der Waals surface area contributed by atoms with Crippen molar-refractivity contribution in [3.05, 3.63) is 0 Å². The Balaban J connectivity index is 2.09. The van der Waals surface area contributed by atoms with Crippen LogP contribution in [0.2, 0.25) is 0 Å². The molecule has 1 rings (SSSR count). The Hall–Kier alpha value is 0.0300. The summed E-state index contributed by atoms with van der Waals surface area (Å²) >= 11 is 0. The van der Waals surface area contributed by atoms with Crippen LogP contribution in [0.5, 0.6) is 0 Å². The fraction of sp³-hybridized carbons (Fsp3) is 1.00. The molecule has 1 radical (unpaired) electrons. The molecule has 7 heteroatoms. The maximum atomic E-state index is 10.5. The summed E-state index contributed by atoms with van der Waals surface area (Å²) in [4.78, 5) is 19.4. The standard InChI is InChI=1S/C10H21NO5P/c12-8-1-5-11-6-2-10(3-7-11)4-9-16-17(13,14)15/h10H,1-9H2,(H2,13,14,15). The molecular weight excluding hydrogens is 245 g/mol. The highest BCUT2D eigenvalue weighted by Gasteiger charge is 2.20. The molecule has 1 fully saturated rings. The third-order valence-electron chi connectivity index (χ3n) is 3.11. The number of phosphoric acid groups is 1. The van der Waals surface area contributed by atoms with E-state index in [1.165, 1.54) is 0 Å². The maximum Gasteiger partial charge on any atom is 0.469 e. The van der Waals surface area contributed by atoms with Gasteiger partial charge in [0.2, 0.25) is 0 Å². The number of likely N-dealkylation sites (tertiary alicyclic amines) is 1. The summed E-state index contributed by atoms with van der Waals surface area (Å²) in [6, 6.07) is 0. The van der Waals surface area contributed by atoms with Crippen LogP contribution >= 0.6 is 7.82 Å². The number of piperidine rings is 1. The Bertz CT molecular complexity index is 249. The van der Waals surface area contributed by atoms with Crippen LogP contribution in [-0.4, -0.2) is 47.5 Å². The number of hydrogen-bond donors (Lipinski definition) is 2. The molecule has 0 atom stereocenters. The van der Waals surface area contributed by atoms with Crippen LogP contribution < -0.4 is 0 Å². The van der Waals surface area contributed by atoms with Crippen molar-refractivity contribution in [1.29, 1.82) is 0 Å². The number of hydrogen-bond acceptors (Lipinski definition) is 3. The van der Waals surface area contributed by atoms with Crippen LogP contribution in [0.25, 0.3) is 0 Å². The van der Waals surface area contributed by atoms with Gasteiger partial charge in [0.05, 0.1) is 13.2 Å². The smallest absolute Gasteiger partial charge is 0.303 e. The highest BCUT2D eigenvalue weighted by molar-refractivity contribution is 7.46. The van der Waals surface area contributed by atoms with E-state index < -0.39 is 7.82 Å². The summed E-state index contributed by atoms with van der Waals surface area (Å²) in [6.45, 7) is 2.92. The molecule has 0 unspecified atom stereocenters. The number of phosphoric ester groups is 1. The van der Waals surface area contributed by atoms with E-state index in [1.54, 1.807) is 0 Å². The van der Waals surface area contributed by atoms with E-state index in [9.17, 15) is 9.67 Å². The lowest BCUT2D eigenvalue weighted by molar-refractivity contribution is 0.128. The molecule has 0 aliphatic carbocycles. The topological polar surface area (TPSA) is 89.9 Å². The fourth-order valence-electron chi connectivity index (χ4n) is 2.13. The van der Waals surface area contributed by atoms with Gasteiger partial charge in [0.15, 0.2) is 0 Å². The third-order valence-corrected chi connectivity index (χ3v) is 3.63. The minimum Gasteiger partial charge on any atom is -0.303 e. The van der Waals surface area contributed by atoms with E-state index in [0.29, 0.717) is 18.8 Å². The first-order valence-electron chi connectivity index (χ1n) is 6.02. The zero-order chi connectivity index (χ0) is 12.7.